The molecule has 672 valence electrons. The number of aromatic hydroxyl groups is 3. The Balaban J connectivity index is 0.000000176. The highest BCUT2D eigenvalue weighted by atomic mass is 35.5. The van der Waals surface area contributed by atoms with Crippen LogP contribution in [0.5, 0.6) is 17.2 Å². The van der Waals surface area contributed by atoms with Gasteiger partial charge in [0.25, 0.3) is 0 Å². The summed E-state index contributed by atoms with van der Waals surface area (Å²) in [6.07, 6.45) is 9.26. The van der Waals surface area contributed by atoms with Crippen LogP contribution in [-0.4, -0.2) is 252 Å². The number of aromatic amines is 1. The first-order valence-corrected chi connectivity index (χ1v) is 52.3. The Labute approximate surface area is 738 Å². The molecule has 0 amide bonds. The van der Waals surface area contributed by atoms with Crippen molar-refractivity contribution in [3.05, 3.63) is 131 Å². The number of aromatic nitrogens is 16. The number of hydrogen-bond acceptors (Lipinski definition) is 27. The van der Waals surface area contributed by atoms with Crippen molar-refractivity contribution in [2.75, 3.05) is 136 Å². The normalized spacial score (nSPS) is 15.2. The molecule has 0 saturated carbocycles. The molecule has 3 fully saturated rings. The second-order valence-electron chi connectivity index (χ2n) is 36.1. The summed E-state index contributed by atoms with van der Waals surface area (Å²) in [4.78, 5) is 67.2. The van der Waals surface area contributed by atoms with Crippen molar-refractivity contribution in [3.8, 4) is 17.2 Å². The van der Waals surface area contributed by atoms with E-state index in [1.165, 1.54) is 5.69 Å². The van der Waals surface area contributed by atoms with Gasteiger partial charge in [0.2, 0.25) is 22.5 Å². The van der Waals surface area contributed by atoms with E-state index >= 15 is 0 Å². The van der Waals surface area contributed by atoms with Gasteiger partial charge in [-0.05, 0) is 197 Å². The molecule has 3 aliphatic rings. The van der Waals surface area contributed by atoms with E-state index in [-0.39, 0.29) is 62.8 Å². The Kier molecular flexibility index (Phi) is 34.2. The molecular formula is C87H134Cl2N22O9Si3. The number of phenolic OH excluding ortho intramolecular Hbond substituents is 3. The Morgan fingerprint density at radius 1 is 0.407 bits per heavy atom. The number of imidazole rings is 4. The number of aliphatic hydroxyl groups is 3. The molecule has 3 aromatic carbocycles. The lowest BCUT2D eigenvalue weighted by Crippen LogP contribution is -2.47. The predicted octanol–water partition coefficient (Wildman–Crippen LogP) is 15.5. The van der Waals surface area contributed by atoms with E-state index in [9.17, 15) is 25.5 Å². The van der Waals surface area contributed by atoms with Crippen LogP contribution < -0.4 is 29.8 Å². The zero-order valence-electron chi connectivity index (χ0n) is 76.3. The lowest BCUT2D eigenvalue weighted by Gasteiger charge is -2.37. The number of halogens is 2. The first-order valence-electron chi connectivity index (χ1n) is 42.8. The second-order valence-corrected chi connectivity index (χ2v) is 51.2. The quantitative estimate of drug-likeness (QED) is 0.0231. The minimum Gasteiger partial charge on any atom is -0.508 e. The van der Waals surface area contributed by atoms with Gasteiger partial charge in [-0.3, -0.25) is 0 Å². The number of hydrogen-bond donors (Lipinski definition) is 8. The smallest absolute Gasteiger partial charge is 0.227 e. The zero-order valence-corrected chi connectivity index (χ0v) is 80.8. The standard InChI is InChI=1S/C26H40N6O2Si.C19H24N6O3.C16H27ClN4OSi.C10H14N2O.C10H24O2Si.C6H5ClN4/c1-8-20(17-34-35(6,7)26(3,4)5)32-18-27-23-19(2)28-25(29-24(23)32)31-15-13-30(14-16-31)21-9-11-22(33)12-10-21;1-13-17-18(25(12-20-17)15(10-26)11-27)22-19(21-13)24-8-6-23(7-9-24)14-2-4-16(28)5-3-14;1-8-12(9-22-23(6,7)16(3,4)5)21-10-18-13-11(2)19-15(17)20-14(13)21;13-10-3-1-9(2-4-10)12-7-5-11-6-8-12;1-7-9(11)8-12-13(5,6)10(2,3)4;1-3-4-5(9-2-8-4)11-6(7)10-3/h9-12,18,20,33H,8,13-17H2,1-7H3;2-5,12,15,26-28H,6-11H2,1H3;10,12H,8-9H2,1-7H3;1-4,11,13H,5-8H2;9,11H,7-8H2,1-6H3;2H,1H3,(H,8,9,10,11). The second kappa shape index (κ2) is 42.9. The summed E-state index contributed by atoms with van der Waals surface area (Å²) in [6, 6.07) is 21.9. The molecule has 0 aliphatic carbocycles. The van der Waals surface area contributed by atoms with Crippen LogP contribution in [0, 0.1) is 27.7 Å². The van der Waals surface area contributed by atoms with Crippen LogP contribution in [0.3, 0.4) is 0 Å². The van der Waals surface area contributed by atoms with E-state index in [4.69, 9.17) is 51.6 Å². The van der Waals surface area contributed by atoms with Crippen LogP contribution in [0.2, 0.25) is 65.0 Å². The number of nitrogens with one attached hydrogen (secondary N) is 2. The van der Waals surface area contributed by atoms with Crippen LogP contribution in [0.4, 0.5) is 29.0 Å². The van der Waals surface area contributed by atoms with Crippen LogP contribution in [-0.2, 0) is 13.3 Å². The van der Waals surface area contributed by atoms with Gasteiger partial charge in [0.05, 0.1) is 105 Å². The molecule has 3 aliphatic heterocycles. The molecule has 0 spiro atoms. The first kappa shape index (κ1) is 98.0. The average molecular weight is 1790 g/mol. The average Bonchev–Trinajstić information content (AvgIpc) is 1.65. The molecule has 11 heterocycles. The molecule has 123 heavy (non-hydrogen) atoms. The van der Waals surface area contributed by atoms with Gasteiger partial charge >= 0.3 is 0 Å². The monoisotopic (exact) mass is 1780 g/mol. The summed E-state index contributed by atoms with van der Waals surface area (Å²) in [5, 5.41) is 61.0. The third kappa shape index (κ3) is 25.7. The van der Waals surface area contributed by atoms with Crippen molar-refractivity contribution < 1.29 is 43.9 Å². The molecular weight excluding hydrogens is 1650 g/mol. The van der Waals surface area contributed by atoms with Gasteiger partial charge < -0.3 is 92.4 Å². The van der Waals surface area contributed by atoms with Crippen molar-refractivity contribution in [1.82, 2.24) is 83.8 Å². The number of phenols is 3. The van der Waals surface area contributed by atoms with E-state index in [2.05, 4.69) is 209 Å². The molecule has 3 atom stereocenters. The molecule has 3 saturated heterocycles. The number of piperazine rings is 3. The summed E-state index contributed by atoms with van der Waals surface area (Å²) in [7, 11) is -5.27. The Bertz CT molecular complexity index is 5130. The van der Waals surface area contributed by atoms with E-state index in [1.54, 1.807) is 53.6 Å². The summed E-state index contributed by atoms with van der Waals surface area (Å²) in [5.74, 6) is 2.29. The van der Waals surface area contributed by atoms with Gasteiger partial charge in [0.15, 0.2) is 47.5 Å². The van der Waals surface area contributed by atoms with Gasteiger partial charge in [-0.1, -0.05) is 83.1 Å². The fraction of sp³-hybridized carbons (Fsp3) is 0.563. The van der Waals surface area contributed by atoms with Crippen molar-refractivity contribution in [2.45, 2.75) is 209 Å². The Morgan fingerprint density at radius 2 is 0.732 bits per heavy atom. The Morgan fingerprint density at radius 3 is 1.09 bits per heavy atom. The van der Waals surface area contributed by atoms with Gasteiger partial charge in [-0.15, -0.1) is 0 Å². The SMILES string of the molecule is CCC(CO[Si](C)(C)C(C)(C)C)n1cnc2c(C)nc(Cl)nc21.CCC(CO[Si](C)(C)C(C)(C)C)n1cnc2c(C)nc(N3CCN(c4ccc(O)cc4)CC3)nc21.CCC(O)CO[Si](C)(C)C(C)(C)C.Cc1nc(Cl)nc2nc[nH]c12.Cc1nc(N2CCN(c3ccc(O)cc3)CC2)nc2c1ncn2C(CO)CO.Oc1ccc(N2CCNCC2)cc1. The van der Waals surface area contributed by atoms with Crippen LogP contribution in [0.15, 0.2) is 98.1 Å². The van der Waals surface area contributed by atoms with Crippen molar-refractivity contribution in [3.63, 3.8) is 0 Å². The fourth-order valence-electron chi connectivity index (χ4n) is 13.1. The molecule has 14 rings (SSSR count). The zero-order chi connectivity index (χ0) is 90.1. The van der Waals surface area contributed by atoms with Gasteiger partial charge in [-0.2, -0.15) is 19.9 Å². The maximum absolute atomic E-state index is 9.57. The van der Waals surface area contributed by atoms with Gasteiger partial charge in [0.1, 0.15) is 39.3 Å². The topological polar surface area (TPSA) is 363 Å². The Hall–Kier alpha value is -8.79. The third-order valence-corrected chi connectivity index (χ3v) is 38.2. The van der Waals surface area contributed by atoms with Crippen LogP contribution in [0.25, 0.3) is 44.7 Å². The minimum absolute atomic E-state index is 0.177. The largest absolute Gasteiger partial charge is 0.508 e. The number of aliphatic hydroxyl groups excluding tert-OH is 3. The van der Waals surface area contributed by atoms with Crippen LogP contribution >= 0.6 is 23.2 Å². The predicted molar refractivity (Wildman–Crippen MR) is 502 cm³/mol. The van der Waals surface area contributed by atoms with Gasteiger partial charge in [-0.25, -0.2) is 39.9 Å². The molecule has 0 bridgehead atoms. The highest BCUT2D eigenvalue weighted by molar-refractivity contribution is 6.75. The highest BCUT2D eigenvalue weighted by Crippen LogP contribution is 2.40. The van der Waals surface area contributed by atoms with Crippen molar-refractivity contribution in [2.24, 2.45) is 0 Å². The van der Waals surface area contributed by atoms with E-state index in [0.717, 1.165) is 166 Å². The molecule has 11 aromatic rings. The number of benzene rings is 3. The van der Waals surface area contributed by atoms with Crippen molar-refractivity contribution in [1.29, 1.82) is 0 Å². The summed E-state index contributed by atoms with van der Waals surface area (Å²) >= 11 is 11.6. The number of rotatable bonds is 22. The summed E-state index contributed by atoms with van der Waals surface area (Å²) in [6.45, 7) is 60.0. The van der Waals surface area contributed by atoms with Gasteiger partial charge in [0, 0.05) is 95.6 Å². The maximum atomic E-state index is 9.57. The lowest BCUT2D eigenvalue weighted by atomic mass is 10.2. The molecule has 8 N–H and O–H groups in total. The minimum atomic E-state index is -1.84. The molecule has 0 radical (unpaired) electrons. The maximum Gasteiger partial charge on any atom is 0.227 e. The van der Waals surface area contributed by atoms with Crippen molar-refractivity contribution >= 4 is 122 Å². The molecule has 3 unspecified atom stereocenters. The number of fused-ring (bicyclic) bond motifs is 4. The lowest BCUT2D eigenvalue weighted by molar-refractivity contribution is 0.0969. The van der Waals surface area contributed by atoms with Crippen LogP contribution in [0.1, 0.15) is 143 Å². The molecule has 36 heteroatoms. The van der Waals surface area contributed by atoms with E-state index < -0.39 is 31.0 Å². The molecule has 31 nitrogen and oxygen atoms in total. The summed E-state index contributed by atoms with van der Waals surface area (Å²) in [5.41, 5.74) is 12.8. The molecule has 8 aromatic heterocycles. The first-order chi connectivity index (χ1) is 58.0. The highest BCUT2D eigenvalue weighted by Gasteiger charge is 2.40. The number of aryl methyl sites for hydroxylation is 4. The third-order valence-electron chi connectivity index (χ3n) is 24.4. The number of H-pyrrole nitrogens is 1. The number of nitrogens with zero attached hydrogens (tertiary/aromatic N) is 20. The van der Waals surface area contributed by atoms with E-state index in [1.807, 2.05) is 83.7 Å². The fourth-order valence-corrected chi connectivity index (χ4v) is 16.6. The number of anilines is 5. The summed E-state index contributed by atoms with van der Waals surface area (Å²) < 4.78 is 24.8. The van der Waals surface area contributed by atoms with E-state index in [0.29, 0.717) is 54.1 Å².